The van der Waals surface area contributed by atoms with Crippen molar-refractivity contribution in [1.82, 2.24) is 15.0 Å². The third kappa shape index (κ3) is 2.52. The minimum Gasteiger partial charge on any atom is -0.486 e. The summed E-state index contributed by atoms with van der Waals surface area (Å²) >= 11 is 0. The number of hydrogen-bond acceptors (Lipinski definition) is 4. The summed E-state index contributed by atoms with van der Waals surface area (Å²) in [6, 6.07) is 3.10. The molecule has 0 bridgehead atoms. The molecule has 2 aromatic rings. The molecule has 100 valence electrons. The van der Waals surface area contributed by atoms with Crippen LogP contribution in [0.1, 0.15) is 11.3 Å². The maximum Gasteiger partial charge on any atom is 0.164 e. The van der Waals surface area contributed by atoms with E-state index >= 15 is 0 Å². The van der Waals surface area contributed by atoms with Crippen molar-refractivity contribution in [1.29, 1.82) is 0 Å². The lowest BCUT2D eigenvalue weighted by Crippen LogP contribution is -2.16. The molecule has 0 unspecified atom stereocenters. The number of aryl methyl sites for hydroxylation is 3. The van der Waals surface area contributed by atoms with E-state index in [9.17, 15) is 4.39 Å². The summed E-state index contributed by atoms with van der Waals surface area (Å²) in [6.07, 6.45) is 3.03. The molecule has 0 aliphatic carbocycles. The summed E-state index contributed by atoms with van der Waals surface area (Å²) < 4.78 is 26.3. The number of hydrogen-bond donors (Lipinski definition) is 0. The maximum atomic E-state index is 13.9. The Kier molecular flexibility index (Phi) is 3.06. The lowest BCUT2D eigenvalue weighted by Gasteiger charge is -2.19. The predicted octanol–water partition coefficient (Wildman–Crippen LogP) is 1.51. The summed E-state index contributed by atoms with van der Waals surface area (Å²) in [4.78, 5) is 0. The molecular formula is C13H14FN3O2. The van der Waals surface area contributed by atoms with Crippen LogP contribution in [-0.2, 0) is 19.9 Å². The molecule has 0 N–H and O–H groups in total. The molecule has 1 aromatic heterocycles. The van der Waals surface area contributed by atoms with Crippen LogP contribution in [0, 0.1) is 5.82 Å². The first-order chi connectivity index (χ1) is 9.22. The number of nitrogens with zero attached hydrogens (tertiary/aromatic N) is 3. The molecule has 0 spiro atoms. The highest BCUT2D eigenvalue weighted by Gasteiger charge is 2.16. The summed E-state index contributed by atoms with van der Waals surface area (Å²) in [6.45, 7) is 0.966. The van der Waals surface area contributed by atoms with Crippen molar-refractivity contribution >= 4 is 0 Å². The van der Waals surface area contributed by atoms with Crippen LogP contribution in [0.2, 0.25) is 0 Å². The Balaban J connectivity index is 1.77. The van der Waals surface area contributed by atoms with Crippen molar-refractivity contribution in [2.24, 2.45) is 7.05 Å². The summed E-state index contributed by atoms with van der Waals surface area (Å²) in [5, 5.41) is 7.83. The molecule has 1 aromatic carbocycles. The van der Waals surface area contributed by atoms with Crippen molar-refractivity contribution in [3.8, 4) is 11.5 Å². The predicted molar refractivity (Wildman–Crippen MR) is 65.8 cm³/mol. The van der Waals surface area contributed by atoms with E-state index in [4.69, 9.17) is 9.47 Å². The summed E-state index contributed by atoms with van der Waals surface area (Å²) in [5.41, 5.74) is 1.45. The topological polar surface area (TPSA) is 49.2 Å². The Morgan fingerprint density at radius 2 is 1.95 bits per heavy atom. The Morgan fingerprint density at radius 1 is 1.21 bits per heavy atom. The Hall–Kier alpha value is -2.11. The third-order valence-corrected chi connectivity index (χ3v) is 3.01. The number of halogens is 1. The second kappa shape index (κ2) is 4.87. The Morgan fingerprint density at radius 3 is 2.63 bits per heavy atom. The van der Waals surface area contributed by atoms with Gasteiger partial charge >= 0.3 is 0 Å². The first-order valence-electron chi connectivity index (χ1n) is 6.15. The maximum absolute atomic E-state index is 13.9. The minimum atomic E-state index is -0.270. The average Bonchev–Trinajstić information content (AvgIpc) is 2.82. The molecule has 0 fully saturated rings. The van der Waals surface area contributed by atoms with Gasteiger partial charge in [-0.25, -0.2) is 4.39 Å². The zero-order valence-electron chi connectivity index (χ0n) is 10.6. The van der Waals surface area contributed by atoms with Gasteiger partial charge in [-0.1, -0.05) is 5.21 Å². The molecule has 5 nitrogen and oxygen atoms in total. The first-order valence-corrected chi connectivity index (χ1v) is 6.15. The van der Waals surface area contributed by atoms with Crippen LogP contribution in [0.15, 0.2) is 18.3 Å². The molecule has 0 atom stereocenters. The highest BCUT2D eigenvalue weighted by molar-refractivity contribution is 5.44. The fourth-order valence-corrected chi connectivity index (χ4v) is 2.07. The van der Waals surface area contributed by atoms with Crippen LogP contribution in [0.3, 0.4) is 0 Å². The van der Waals surface area contributed by atoms with E-state index < -0.39 is 0 Å². The van der Waals surface area contributed by atoms with Gasteiger partial charge in [0.1, 0.15) is 19.0 Å². The van der Waals surface area contributed by atoms with Crippen molar-refractivity contribution in [3.63, 3.8) is 0 Å². The lowest BCUT2D eigenvalue weighted by atomic mass is 10.1. The normalized spacial score (nSPS) is 13.6. The van der Waals surface area contributed by atoms with Gasteiger partial charge in [-0.15, -0.1) is 5.10 Å². The van der Waals surface area contributed by atoms with E-state index in [1.807, 2.05) is 6.20 Å². The molecule has 0 saturated heterocycles. The second-order valence-corrected chi connectivity index (χ2v) is 4.47. The minimum absolute atomic E-state index is 0.270. The van der Waals surface area contributed by atoms with Gasteiger partial charge in [-0.05, 0) is 24.5 Å². The van der Waals surface area contributed by atoms with E-state index in [2.05, 4.69) is 10.3 Å². The highest BCUT2D eigenvalue weighted by atomic mass is 19.1. The first kappa shape index (κ1) is 12.0. The van der Waals surface area contributed by atoms with Crippen LogP contribution in [-0.4, -0.2) is 28.2 Å². The van der Waals surface area contributed by atoms with Gasteiger partial charge in [-0.3, -0.25) is 4.68 Å². The zero-order valence-corrected chi connectivity index (χ0v) is 10.6. The molecule has 2 heterocycles. The van der Waals surface area contributed by atoms with Crippen molar-refractivity contribution in [2.45, 2.75) is 12.8 Å². The molecule has 19 heavy (non-hydrogen) atoms. The largest absolute Gasteiger partial charge is 0.486 e. The van der Waals surface area contributed by atoms with Crippen LogP contribution in [0.25, 0.3) is 0 Å². The van der Waals surface area contributed by atoms with E-state index in [1.165, 1.54) is 6.07 Å². The van der Waals surface area contributed by atoms with E-state index in [1.54, 1.807) is 17.8 Å². The van der Waals surface area contributed by atoms with E-state index in [0.29, 0.717) is 43.1 Å². The van der Waals surface area contributed by atoms with Gasteiger partial charge in [0, 0.05) is 19.3 Å². The lowest BCUT2D eigenvalue weighted by molar-refractivity contribution is 0.170. The fourth-order valence-electron chi connectivity index (χ4n) is 2.07. The van der Waals surface area contributed by atoms with Gasteiger partial charge in [0.05, 0.1) is 5.69 Å². The van der Waals surface area contributed by atoms with Crippen LogP contribution in [0.4, 0.5) is 4.39 Å². The van der Waals surface area contributed by atoms with Gasteiger partial charge in [0.2, 0.25) is 0 Å². The van der Waals surface area contributed by atoms with Crippen molar-refractivity contribution < 1.29 is 13.9 Å². The number of aromatic nitrogens is 3. The Labute approximate surface area is 109 Å². The molecule has 1 aliphatic heterocycles. The average molecular weight is 263 g/mol. The van der Waals surface area contributed by atoms with Crippen molar-refractivity contribution in [3.05, 3.63) is 35.4 Å². The smallest absolute Gasteiger partial charge is 0.164 e. The quantitative estimate of drug-likeness (QED) is 0.842. The molecule has 3 rings (SSSR count). The standard InChI is InChI=1S/C13H14FN3O2/c1-17-8-10(15-16-17)3-2-9-6-12-13(7-11(9)14)19-5-4-18-12/h6-8H,2-5H2,1H3. The molecule has 0 radical (unpaired) electrons. The molecule has 0 amide bonds. The Bertz CT molecular complexity index is 598. The van der Waals surface area contributed by atoms with Gasteiger partial charge in [0.15, 0.2) is 11.5 Å². The monoisotopic (exact) mass is 263 g/mol. The molecular weight excluding hydrogens is 249 g/mol. The van der Waals surface area contributed by atoms with Gasteiger partial charge in [-0.2, -0.15) is 0 Å². The van der Waals surface area contributed by atoms with E-state index in [-0.39, 0.29) is 5.82 Å². The third-order valence-electron chi connectivity index (χ3n) is 3.01. The van der Waals surface area contributed by atoms with Crippen LogP contribution < -0.4 is 9.47 Å². The molecule has 0 saturated carbocycles. The second-order valence-electron chi connectivity index (χ2n) is 4.47. The van der Waals surface area contributed by atoms with Crippen LogP contribution >= 0.6 is 0 Å². The fraction of sp³-hybridized carbons (Fsp3) is 0.385. The van der Waals surface area contributed by atoms with Crippen LogP contribution in [0.5, 0.6) is 11.5 Å². The summed E-state index contributed by atoms with van der Waals surface area (Å²) in [5.74, 6) is 0.821. The number of rotatable bonds is 3. The van der Waals surface area contributed by atoms with Gasteiger partial charge in [0.25, 0.3) is 0 Å². The number of ether oxygens (including phenoxy) is 2. The summed E-state index contributed by atoms with van der Waals surface area (Å²) in [7, 11) is 1.81. The highest BCUT2D eigenvalue weighted by Crippen LogP contribution is 2.32. The molecule has 1 aliphatic rings. The zero-order chi connectivity index (χ0) is 13.2. The SMILES string of the molecule is Cn1cc(CCc2cc3c(cc2F)OCCO3)nn1. The van der Waals surface area contributed by atoms with Crippen molar-refractivity contribution in [2.75, 3.05) is 13.2 Å². The number of fused-ring (bicyclic) bond motifs is 1. The van der Waals surface area contributed by atoms with Gasteiger partial charge < -0.3 is 9.47 Å². The van der Waals surface area contributed by atoms with E-state index in [0.717, 1.165) is 5.69 Å². The molecule has 6 heteroatoms. The number of benzene rings is 1.